The third-order valence-corrected chi connectivity index (χ3v) is 8.25. The summed E-state index contributed by atoms with van der Waals surface area (Å²) >= 11 is 0.874. The number of aromatic nitrogens is 2. The molecule has 4 N–H and O–H groups in total. The molecule has 0 fully saturated rings. The quantitative estimate of drug-likeness (QED) is 0.327. The van der Waals surface area contributed by atoms with E-state index in [4.69, 9.17) is 9.05 Å². The van der Waals surface area contributed by atoms with E-state index in [2.05, 4.69) is 15.8 Å². The molecule has 0 aliphatic rings. The van der Waals surface area contributed by atoms with E-state index in [0.29, 0.717) is 17.1 Å². The van der Waals surface area contributed by atoms with E-state index in [1.807, 2.05) is 26.0 Å². The van der Waals surface area contributed by atoms with Gasteiger partial charge in [-0.2, -0.15) is 4.31 Å². The van der Waals surface area contributed by atoms with Crippen LogP contribution in [0.25, 0.3) is 0 Å². The molecule has 0 unspecified atom stereocenters. The summed E-state index contributed by atoms with van der Waals surface area (Å²) in [4.78, 5) is 0.387. The van der Waals surface area contributed by atoms with Gasteiger partial charge in [-0.3, -0.25) is 5.32 Å². The lowest BCUT2D eigenvalue weighted by molar-refractivity contribution is -1.03. The van der Waals surface area contributed by atoms with Crippen LogP contribution in [0.4, 0.5) is 17.3 Å². The molecule has 0 spiro atoms. The van der Waals surface area contributed by atoms with Crippen molar-refractivity contribution in [1.82, 2.24) is 9.46 Å². The van der Waals surface area contributed by atoms with Gasteiger partial charge in [-0.15, -0.1) is 11.3 Å². The predicted octanol–water partition coefficient (Wildman–Crippen LogP) is 3.21. The van der Waals surface area contributed by atoms with Crippen LogP contribution >= 0.6 is 11.3 Å². The molecule has 31 heavy (non-hydrogen) atoms. The van der Waals surface area contributed by atoms with Gasteiger partial charge in [0.25, 0.3) is 10.0 Å². The first-order valence-electron chi connectivity index (χ1n) is 9.74. The number of anilines is 3. The van der Waals surface area contributed by atoms with Crippen molar-refractivity contribution in [2.75, 3.05) is 23.7 Å². The van der Waals surface area contributed by atoms with Crippen LogP contribution in [-0.2, 0) is 10.0 Å². The van der Waals surface area contributed by atoms with Gasteiger partial charge in [-0.1, -0.05) is 25.4 Å². The fourth-order valence-electron chi connectivity index (χ4n) is 3.05. The molecule has 0 aliphatic heterocycles. The van der Waals surface area contributed by atoms with E-state index in [9.17, 15) is 18.7 Å². The number of aromatic hydroxyl groups is 1. The lowest BCUT2D eigenvalue weighted by Crippen LogP contribution is -2.30. The van der Waals surface area contributed by atoms with Crippen molar-refractivity contribution in [2.24, 2.45) is 0 Å². The number of furan rings is 1. The molecule has 13 heteroatoms. The average Bonchev–Trinajstić information content (AvgIpc) is 3.42. The first-order valence-corrected chi connectivity index (χ1v) is 12.1. The van der Waals surface area contributed by atoms with Gasteiger partial charge < -0.3 is 20.0 Å². The fourth-order valence-corrected chi connectivity index (χ4v) is 5.88. The Morgan fingerprint density at radius 3 is 2.58 bits per heavy atom. The van der Waals surface area contributed by atoms with E-state index in [0.717, 1.165) is 17.1 Å². The number of rotatable bonds is 10. The normalized spacial score (nSPS) is 12.9. The molecule has 3 heterocycles. The number of hydrogen-bond donors (Lipinski definition) is 4. The Morgan fingerprint density at radius 1 is 1.29 bits per heavy atom. The number of nitrogens with one attached hydrogen (secondary N) is 2. The molecule has 3 aromatic rings. The van der Waals surface area contributed by atoms with Crippen LogP contribution in [0.15, 0.2) is 30.8 Å². The zero-order valence-corrected chi connectivity index (χ0v) is 19.2. The largest absolute Gasteiger partial charge is 0.503 e. The second-order valence-corrected chi connectivity index (χ2v) is 9.71. The van der Waals surface area contributed by atoms with Gasteiger partial charge in [0.2, 0.25) is 0 Å². The third-order valence-electron chi connectivity index (χ3n) is 4.71. The molecular weight excluding hydrogens is 446 g/mol. The summed E-state index contributed by atoms with van der Waals surface area (Å²) in [6.45, 7) is 7.79. The van der Waals surface area contributed by atoms with Crippen molar-refractivity contribution in [3.8, 4) is 5.75 Å². The molecule has 3 rings (SSSR count). The van der Waals surface area contributed by atoms with Gasteiger partial charge in [-0.25, -0.2) is 8.42 Å². The maximum Gasteiger partial charge on any atom is 0.370 e. The molecule has 170 valence electrons. The Bertz CT molecular complexity index is 1130. The van der Waals surface area contributed by atoms with E-state index in [1.165, 1.54) is 9.69 Å². The van der Waals surface area contributed by atoms with Crippen molar-refractivity contribution in [3.63, 3.8) is 0 Å². The molecule has 0 bridgehead atoms. The molecule has 0 saturated carbocycles. The number of sulfonamides is 1. The summed E-state index contributed by atoms with van der Waals surface area (Å²) in [5.41, 5.74) is 0.0895. The number of nitrogens with zero attached hydrogens (tertiary/aromatic N) is 3. The van der Waals surface area contributed by atoms with Crippen LogP contribution in [0, 0.1) is 6.92 Å². The molecule has 0 radical (unpaired) electrons. The van der Waals surface area contributed by atoms with Gasteiger partial charge in [0.15, 0.2) is 15.6 Å². The first-order chi connectivity index (χ1) is 14.7. The first kappa shape index (κ1) is 22.9. The smallest absolute Gasteiger partial charge is 0.370 e. The lowest BCUT2D eigenvalue weighted by Gasteiger charge is -2.17. The number of thiophene rings is 1. The SMILES string of the molecule is CC[C@@H](Nc1no[n+](O)c1Nc1csc(S(=O)(=O)N(CC)CC)c1O)c1ccc(C)o1. The Balaban J connectivity index is 1.88. The topological polar surface area (TPSA) is 145 Å². The number of hydrogen-bond acceptors (Lipinski definition) is 10. The van der Waals surface area contributed by atoms with Crippen LogP contribution in [0.3, 0.4) is 0 Å². The second kappa shape index (κ2) is 9.16. The Kier molecular flexibility index (Phi) is 6.77. The minimum atomic E-state index is -3.84. The van der Waals surface area contributed by atoms with Crippen molar-refractivity contribution in [3.05, 3.63) is 29.0 Å². The van der Waals surface area contributed by atoms with Crippen LogP contribution < -0.4 is 15.5 Å². The molecule has 3 aromatic heterocycles. The molecule has 0 aliphatic carbocycles. The molecule has 11 nitrogen and oxygen atoms in total. The predicted molar refractivity (Wildman–Crippen MR) is 113 cm³/mol. The van der Waals surface area contributed by atoms with Gasteiger partial charge in [0.1, 0.15) is 21.6 Å². The Morgan fingerprint density at radius 2 is 2.00 bits per heavy atom. The van der Waals surface area contributed by atoms with Gasteiger partial charge in [0, 0.05) is 18.5 Å². The molecule has 0 saturated heterocycles. The van der Waals surface area contributed by atoms with Crippen molar-refractivity contribution in [1.29, 1.82) is 0 Å². The van der Waals surface area contributed by atoms with Gasteiger partial charge in [0.05, 0.1) is 6.04 Å². The minimum absolute atomic E-state index is 0.0124. The summed E-state index contributed by atoms with van der Waals surface area (Å²) in [7, 11) is -3.84. The van der Waals surface area contributed by atoms with Crippen LogP contribution in [0.1, 0.15) is 44.8 Å². The highest BCUT2D eigenvalue weighted by atomic mass is 32.2. The Labute approximate surface area is 183 Å². The zero-order chi connectivity index (χ0) is 22.8. The highest BCUT2D eigenvalue weighted by Crippen LogP contribution is 2.41. The van der Waals surface area contributed by atoms with Crippen molar-refractivity contribution in [2.45, 2.75) is 44.4 Å². The monoisotopic (exact) mass is 472 g/mol. The third kappa shape index (κ3) is 4.48. The van der Waals surface area contributed by atoms with Crippen LogP contribution in [-0.4, -0.2) is 41.3 Å². The minimum Gasteiger partial charge on any atom is -0.503 e. The summed E-state index contributed by atoms with van der Waals surface area (Å²) in [5.74, 6) is 1.14. The maximum atomic E-state index is 12.7. The van der Waals surface area contributed by atoms with Crippen molar-refractivity contribution < 1.29 is 32.7 Å². The zero-order valence-electron chi connectivity index (χ0n) is 17.6. The van der Waals surface area contributed by atoms with E-state index in [-0.39, 0.29) is 40.7 Å². The Hall–Kier alpha value is -2.77. The van der Waals surface area contributed by atoms with Crippen LogP contribution in [0.2, 0.25) is 0 Å². The number of aryl methyl sites for hydroxylation is 1. The fraction of sp³-hybridized carbons (Fsp3) is 0.444. The van der Waals surface area contributed by atoms with E-state index >= 15 is 0 Å². The van der Waals surface area contributed by atoms with E-state index in [1.54, 1.807) is 13.8 Å². The summed E-state index contributed by atoms with van der Waals surface area (Å²) in [5, 5.41) is 31.7. The highest BCUT2D eigenvalue weighted by Gasteiger charge is 2.33. The second-order valence-electron chi connectivity index (χ2n) is 6.70. The maximum absolute atomic E-state index is 12.7. The molecule has 0 amide bonds. The van der Waals surface area contributed by atoms with Gasteiger partial charge in [-0.05, 0) is 25.5 Å². The summed E-state index contributed by atoms with van der Waals surface area (Å²) in [6, 6.07) is 3.43. The highest BCUT2D eigenvalue weighted by molar-refractivity contribution is 7.91. The molecule has 0 aromatic carbocycles. The van der Waals surface area contributed by atoms with Crippen LogP contribution in [0.5, 0.6) is 5.75 Å². The lowest BCUT2D eigenvalue weighted by atomic mass is 10.2. The average molecular weight is 473 g/mol. The van der Waals surface area contributed by atoms with Crippen molar-refractivity contribution >= 4 is 38.7 Å². The summed E-state index contributed by atoms with van der Waals surface area (Å²) < 4.78 is 37.0. The van der Waals surface area contributed by atoms with E-state index < -0.39 is 15.8 Å². The molecular formula is C18H26N5O6S2+. The molecule has 1 atom stereocenters. The van der Waals surface area contributed by atoms with Gasteiger partial charge >= 0.3 is 11.6 Å². The standard InChI is InChI=1S/C18H25N5O6S2/c1-5-12(14-9-8-11(4)28-14)19-16-17(23(25)29-21-16)20-13-10-30-18(15(13)24)31(26,27)22(6-2)7-3/h8-10,12,25H,5-7H2,1-4H3,(H2,19,21,24)/p+1/t12-/m1/s1. The summed E-state index contributed by atoms with van der Waals surface area (Å²) in [6.07, 6.45) is 0.653.